The van der Waals surface area contributed by atoms with Crippen molar-refractivity contribution < 1.29 is 17.9 Å². The van der Waals surface area contributed by atoms with E-state index in [-0.39, 0.29) is 36.3 Å². The zero-order chi connectivity index (χ0) is 16.4. The number of benzene rings is 1. The number of hydrogen-bond acceptors (Lipinski definition) is 2. The average molecular weight is 443 g/mol. The molecule has 4 nitrogen and oxygen atoms in total. The van der Waals surface area contributed by atoms with Crippen molar-refractivity contribution in [2.45, 2.75) is 13.1 Å². The van der Waals surface area contributed by atoms with E-state index < -0.39 is 11.7 Å². The summed E-state index contributed by atoms with van der Waals surface area (Å²) in [4.78, 5) is 4.24. The van der Waals surface area contributed by atoms with Gasteiger partial charge in [-0.2, -0.15) is 13.2 Å². The van der Waals surface area contributed by atoms with Crippen LogP contribution in [0.25, 0.3) is 0 Å². The quantitative estimate of drug-likeness (QED) is 0.223. The van der Waals surface area contributed by atoms with Crippen LogP contribution < -0.4 is 15.4 Å². The Labute approximate surface area is 151 Å². The minimum Gasteiger partial charge on any atom is -0.492 e. The van der Waals surface area contributed by atoms with Gasteiger partial charge in [0.2, 0.25) is 0 Å². The molecule has 0 aliphatic heterocycles. The highest BCUT2D eigenvalue weighted by Gasteiger charge is 2.30. The van der Waals surface area contributed by atoms with Crippen molar-refractivity contribution in [1.82, 2.24) is 10.6 Å². The molecular weight excluding hydrogens is 422 g/mol. The Balaban J connectivity index is 0.00000484. The summed E-state index contributed by atoms with van der Waals surface area (Å²) in [5, 5.41) is 6.05. The highest BCUT2D eigenvalue weighted by atomic mass is 127. The Morgan fingerprint density at radius 1 is 1.35 bits per heavy atom. The molecule has 0 radical (unpaired) electrons. The van der Waals surface area contributed by atoms with Crippen molar-refractivity contribution in [3.05, 3.63) is 42.5 Å². The fraction of sp³-hybridized carbons (Fsp3) is 0.400. The molecule has 0 saturated carbocycles. The van der Waals surface area contributed by atoms with E-state index in [0.29, 0.717) is 25.6 Å². The van der Waals surface area contributed by atoms with Crippen LogP contribution >= 0.6 is 24.0 Å². The molecule has 0 bridgehead atoms. The summed E-state index contributed by atoms with van der Waals surface area (Å²) in [7, 11) is 0. The molecule has 0 amide bonds. The van der Waals surface area contributed by atoms with Crippen LogP contribution in [0.1, 0.15) is 12.5 Å². The van der Waals surface area contributed by atoms with Crippen LogP contribution in [0.2, 0.25) is 0 Å². The molecule has 1 rings (SSSR count). The summed E-state index contributed by atoms with van der Waals surface area (Å²) in [6.45, 7) is 7.31. The van der Waals surface area contributed by atoms with Crippen LogP contribution in [-0.2, 0) is 6.18 Å². The van der Waals surface area contributed by atoms with E-state index in [2.05, 4.69) is 22.2 Å². The lowest BCUT2D eigenvalue weighted by Gasteiger charge is -2.11. The van der Waals surface area contributed by atoms with Crippen molar-refractivity contribution in [3.8, 4) is 5.75 Å². The molecule has 130 valence electrons. The van der Waals surface area contributed by atoms with Gasteiger partial charge in [-0.05, 0) is 25.1 Å². The second-order valence-electron chi connectivity index (χ2n) is 4.30. The fourth-order valence-electron chi connectivity index (χ4n) is 1.59. The molecule has 1 aromatic carbocycles. The third kappa shape index (κ3) is 8.68. The molecule has 0 aromatic heterocycles. The van der Waals surface area contributed by atoms with E-state index in [1.165, 1.54) is 12.1 Å². The van der Waals surface area contributed by atoms with Gasteiger partial charge in [-0.1, -0.05) is 12.1 Å². The number of hydrogen-bond donors (Lipinski definition) is 2. The summed E-state index contributed by atoms with van der Waals surface area (Å²) in [5.41, 5.74) is -0.727. The largest absolute Gasteiger partial charge is 0.492 e. The number of rotatable bonds is 7. The minimum atomic E-state index is -4.37. The highest BCUT2D eigenvalue weighted by Crippen LogP contribution is 2.31. The summed E-state index contributed by atoms with van der Waals surface area (Å²) in [6.07, 6.45) is -2.67. The zero-order valence-electron chi connectivity index (χ0n) is 12.8. The van der Waals surface area contributed by atoms with E-state index in [0.717, 1.165) is 12.1 Å². The van der Waals surface area contributed by atoms with Crippen molar-refractivity contribution >= 4 is 29.9 Å². The molecule has 0 unspecified atom stereocenters. The Hall–Kier alpha value is -1.45. The number of guanidine groups is 1. The second kappa shape index (κ2) is 11.1. The van der Waals surface area contributed by atoms with Gasteiger partial charge in [0.1, 0.15) is 12.4 Å². The number of aliphatic imine (C=N–C) groups is 1. The van der Waals surface area contributed by atoms with Crippen molar-refractivity contribution in [3.63, 3.8) is 0 Å². The standard InChI is InChI=1S/C15H20F3N3O.HI/c1-3-8-20-14(19-4-2)21-9-10-22-13-7-5-6-12(11-13)15(16,17)18;/h3,5-7,11H,1,4,8-10H2,2H3,(H2,19,20,21);1H. The van der Waals surface area contributed by atoms with Crippen LogP contribution in [-0.4, -0.2) is 32.2 Å². The molecule has 0 fully saturated rings. The number of ether oxygens (including phenoxy) is 1. The summed E-state index contributed by atoms with van der Waals surface area (Å²) < 4.78 is 43.0. The van der Waals surface area contributed by atoms with E-state index in [9.17, 15) is 13.2 Å². The number of halogens is 4. The molecule has 23 heavy (non-hydrogen) atoms. The van der Waals surface area contributed by atoms with Crippen LogP contribution in [0.15, 0.2) is 41.9 Å². The van der Waals surface area contributed by atoms with Gasteiger partial charge in [-0.3, -0.25) is 0 Å². The molecule has 1 aromatic rings. The maximum absolute atomic E-state index is 12.6. The first-order valence-corrected chi connectivity index (χ1v) is 6.90. The lowest BCUT2D eigenvalue weighted by Crippen LogP contribution is -2.37. The molecular formula is C15H21F3IN3O. The van der Waals surface area contributed by atoms with E-state index in [4.69, 9.17) is 4.74 Å². The Kier molecular flexibility index (Phi) is 10.4. The fourth-order valence-corrected chi connectivity index (χ4v) is 1.59. The van der Waals surface area contributed by atoms with Gasteiger partial charge in [-0.15, -0.1) is 30.6 Å². The predicted molar refractivity (Wildman–Crippen MR) is 96.5 cm³/mol. The van der Waals surface area contributed by atoms with Gasteiger partial charge < -0.3 is 15.4 Å². The smallest absolute Gasteiger partial charge is 0.416 e. The van der Waals surface area contributed by atoms with Crippen molar-refractivity contribution in [1.29, 1.82) is 0 Å². The van der Waals surface area contributed by atoms with E-state index in [1.807, 2.05) is 6.92 Å². The Morgan fingerprint density at radius 3 is 2.70 bits per heavy atom. The first kappa shape index (κ1) is 21.6. The van der Waals surface area contributed by atoms with Crippen molar-refractivity contribution in [2.24, 2.45) is 4.99 Å². The number of alkyl halides is 3. The number of nitrogens with one attached hydrogen (secondary N) is 2. The predicted octanol–water partition coefficient (Wildman–Crippen LogP) is 3.44. The summed E-state index contributed by atoms with van der Waals surface area (Å²) in [5.74, 6) is 0.782. The van der Waals surface area contributed by atoms with Gasteiger partial charge in [0.15, 0.2) is 5.96 Å². The Bertz CT molecular complexity index is 507. The second-order valence-corrected chi connectivity index (χ2v) is 4.30. The molecule has 0 aliphatic rings. The van der Waals surface area contributed by atoms with Crippen LogP contribution in [0, 0.1) is 0 Å². The SMILES string of the molecule is C=CCNC(=NCCOc1cccc(C(F)(F)F)c1)NCC.I. The highest BCUT2D eigenvalue weighted by molar-refractivity contribution is 14.0. The maximum Gasteiger partial charge on any atom is 0.416 e. The summed E-state index contributed by atoms with van der Waals surface area (Å²) in [6, 6.07) is 4.79. The average Bonchev–Trinajstić information content (AvgIpc) is 2.48. The van der Waals surface area contributed by atoms with Gasteiger partial charge in [-0.25, -0.2) is 4.99 Å². The zero-order valence-corrected chi connectivity index (χ0v) is 15.2. The van der Waals surface area contributed by atoms with Crippen LogP contribution in [0.4, 0.5) is 13.2 Å². The van der Waals surface area contributed by atoms with Crippen LogP contribution in [0.3, 0.4) is 0 Å². The van der Waals surface area contributed by atoms with E-state index >= 15 is 0 Å². The summed E-state index contributed by atoms with van der Waals surface area (Å²) >= 11 is 0. The monoisotopic (exact) mass is 443 g/mol. The normalized spacial score (nSPS) is 11.4. The lowest BCUT2D eigenvalue weighted by atomic mass is 10.2. The van der Waals surface area contributed by atoms with Gasteiger partial charge in [0, 0.05) is 13.1 Å². The molecule has 0 saturated heterocycles. The molecule has 8 heteroatoms. The first-order chi connectivity index (χ1) is 10.5. The maximum atomic E-state index is 12.6. The van der Waals surface area contributed by atoms with Crippen LogP contribution in [0.5, 0.6) is 5.75 Å². The first-order valence-electron chi connectivity index (χ1n) is 6.90. The van der Waals surface area contributed by atoms with Gasteiger partial charge in [0.05, 0.1) is 12.1 Å². The lowest BCUT2D eigenvalue weighted by molar-refractivity contribution is -0.137. The third-order valence-corrected chi connectivity index (χ3v) is 2.55. The molecule has 0 aliphatic carbocycles. The van der Waals surface area contributed by atoms with Crippen molar-refractivity contribution in [2.75, 3.05) is 26.2 Å². The Morgan fingerprint density at radius 2 is 2.09 bits per heavy atom. The molecule has 0 spiro atoms. The van der Waals surface area contributed by atoms with Gasteiger partial charge >= 0.3 is 6.18 Å². The van der Waals surface area contributed by atoms with E-state index in [1.54, 1.807) is 6.08 Å². The van der Waals surface area contributed by atoms with Gasteiger partial charge in [0.25, 0.3) is 0 Å². The number of nitrogens with zero attached hydrogens (tertiary/aromatic N) is 1. The topological polar surface area (TPSA) is 45.7 Å². The molecule has 2 N–H and O–H groups in total. The molecule has 0 atom stereocenters. The minimum absolute atomic E-state index is 0. The molecule has 0 heterocycles. The third-order valence-electron chi connectivity index (χ3n) is 2.55.